The van der Waals surface area contributed by atoms with Crippen molar-refractivity contribution < 1.29 is 4.74 Å². The summed E-state index contributed by atoms with van der Waals surface area (Å²) in [7, 11) is 3.78. The number of nitrogens with zero attached hydrogens (tertiary/aromatic N) is 2. The first-order valence-electron chi connectivity index (χ1n) is 6.23. The van der Waals surface area contributed by atoms with E-state index in [1.54, 1.807) is 7.11 Å². The van der Waals surface area contributed by atoms with Crippen LogP contribution in [-0.2, 0) is 11.8 Å². The summed E-state index contributed by atoms with van der Waals surface area (Å²) < 4.78 is 7.40. The molecular weight excluding hydrogens is 214 g/mol. The standard InChI is InChI=1S/C13H23N3O/c1-9(10-6-7-14-16(10)4)15-11-8-12(17-5)13(11,2)3/h6-7,9,11-12,15H,8H2,1-5H3. The highest BCUT2D eigenvalue weighted by Gasteiger charge is 2.48. The van der Waals surface area contributed by atoms with Crippen LogP contribution in [0.25, 0.3) is 0 Å². The van der Waals surface area contributed by atoms with Crippen LogP contribution in [0.1, 0.15) is 38.9 Å². The normalized spacial score (nSPS) is 28.8. The van der Waals surface area contributed by atoms with Crippen LogP contribution in [0.5, 0.6) is 0 Å². The van der Waals surface area contributed by atoms with Crippen LogP contribution >= 0.6 is 0 Å². The maximum absolute atomic E-state index is 5.47. The second-order valence-corrected chi connectivity index (χ2v) is 5.60. The quantitative estimate of drug-likeness (QED) is 0.869. The zero-order valence-electron chi connectivity index (χ0n) is 11.4. The molecular formula is C13H23N3O. The van der Waals surface area contributed by atoms with Crippen molar-refractivity contribution in [1.82, 2.24) is 15.1 Å². The molecule has 0 amide bonds. The van der Waals surface area contributed by atoms with E-state index in [1.807, 2.05) is 17.9 Å². The fourth-order valence-electron chi connectivity index (χ4n) is 2.76. The van der Waals surface area contributed by atoms with E-state index >= 15 is 0 Å². The molecule has 1 aliphatic rings. The van der Waals surface area contributed by atoms with E-state index in [1.165, 1.54) is 5.69 Å². The first-order chi connectivity index (χ1) is 7.96. The van der Waals surface area contributed by atoms with Crippen molar-refractivity contribution in [2.24, 2.45) is 12.5 Å². The minimum atomic E-state index is 0.210. The summed E-state index contributed by atoms with van der Waals surface area (Å²) in [5.41, 5.74) is 1.43. The molecule has 1 heterocycles. The molecule has 1 aromatic heterocycles. The Morgan fingerprint density at radius 1 is 1.59 bits per heavy atom. The van der Waals surface area contributed by atoms with E-state index < -0.39 is 0 Å². The molecule has 17 heavy (non-hydrogen) atoms. The van der Waals surface area contributed by atoms with Gasteiger partial charge in [0, 0.05) is 37.9 Å². The van der Waals surface area contributed by atoms with Gasteiger partial charge in [0.1, 0.15) is 0 Å². The number of aromatic nitrogens is 2. The third-order valence-electron chi connectivity index (χ3n) is 4.22. The number of methoxy groups -OCH3 is 1. The number of hydrogen-bond donors (Lipinski definition) is 1. The molecule has 4 heteroatoms. The van der Waals surface area contributed by atoms with E-state index in [0.29, 0.717) is 18.2 Å². The number of rotatable bonds is 4. The van der Waals surface area contributed by atoms with Crippen LogP contribution in [0, 0.1) is 5.41 Å². The van der Waals surface area contributed by atoms with E-state index in [2.05, 4.69) is 37.3 Å². The molecule has 0 aliphatic heterocycles. The fraction of sp³-hybridized carbons (Fsp3) is 0.769. The van der Waals surface area contributed by atoms with Crippen molar-refractivity contribution in [3.05, 3.63) is 18.0 Å². The van der Waals surface area contributed by atoms with Gasteiger partial charge in [0.05, 0.1) is 11.8 Å². The molecule has 3 unspecified atom stereocenters. The van der Waals surface area contributed by atoms with Crippen molar-refractivity contribution in [2.45, 2.75) is 45.4 Å². The van der Waals surface area contributed by atoms with Gasteiger partial charge < -0.3 is 10.1 Å². The highest BCUT2D eigenvalue weighted by Crippen LogP contribution is 2.43. The van der Waals surface area contributed by atoms with Crippen LogP contribution in [0.3, 0.4) is 0 Å². The molecule has 0 saturated heterocycles. The lowest BCUT2D eigenvalue weighted by molar-refractivity contribution is -0.100. The molecule has 3 atom stereocenters. The Morgan fingerprint density at radius 2 is 2.29 bits per heavy atom. The monoisotopic (exact) mass is 237 g/mol. The van der Waals surface area contributed by atoms with E-state index in [9.17, 15) is 0 Å². The largest absolute Gasteiger partial charge is 0.381 e. The Balaban J connectivity index is 1.97. The molecule has 1 aliphatic carbocycles. The Kier molecular flexibility index (Phi) is 3.27. The zero-order valence-corrected chi connectivity index (χ0v) is 11.4. The lowest BCUT2D eigenvalue weighted by atomic mass is 9.64. The van der Waals surface area contributed by atoms with Crippen LogP contribution in [-0.4, -0.2) is 29.0 Å². The van der Waals surface area contributed by atoms with Crippen molar-refractivity contribution in [3.63, 3.8) is 0 Å². The molecule has 0 radical (unpaired) electrons. The van der Waals surface area contributed by atoms with Gasteiger partial charge in [-0.15, -0.1) is 0 Å². The number of hydrogen-bond acceptors (Lipinski definition) is 3. The molecule has 96 valence electrons. The van der Waals surface area contributed by atoms with Gasteiger partial charge in [-0.3, -0.25) is 4.68 Å². The summed E-state index contributed by atoms with van der Waals surface area (Å²) in [6, 6.07) is 2.90. The summed E-state index contributed by atoms with van der Waals surface area (Å²) in [5.74, 6) is 0. The topological polar surface area (TPSA) is 39.1 Å². The van der Waals surface area contributed by atoms with E-state index in [-0.39, 0.29) is 5.41 Å². The predicted octanol–water partition coefficient (Wildman–Crippen LogP) is 1.88. The summed E-state index contributed by atoms with van der Waals surface area (Å²) in [5, 5.41) is 7.88. The van der Waals surface area contributed by atoms with Gasteiger partial charge in [0.15, 0.2) is 0 Å². The van der Waals surface area contributed by atoms with Crippen molar-refractivity contribution in [2.75, 3.05) is 7.11 Å². The minimum Gasteiger partial charge on any atom is -0.381 e. The van der Waals surface area contributed by atoms with E-state index in [0.717, 1.165) is 6.42 Å². The Morgan fingerprint density at radius 3 is 2.76 bits per heavy atom. The average molecular weight is 237 g/mol. The van der Waals surface area contributed by atoms with Crippen LogP contribution < -0.4 is 5.32 Å². The van der Waals surface area contributed by atoms with Crippen molar-refractivity contribution in [1.29, 1.82) is 0 Å². The molecule has 1 fully saturated rings. The van der Waals surface area contributed by atoms with Gasteiger partial charge in [0.2, 0.25) is 0 Å². The van der Waals surface area contributed by atoms with Crippen LogP contribution in [0.4, 0.5) is 0 Å². The summed E-state index contributed by atoms with van der Waals surface area (Å²) >= 11 is 0. The molecule has 4 nitrogen and oxygen atoms in total. The predicted molar refractivity (Wildman–Crippen MR) is 67.7 cm³/mol. The van der Waals surface area contributed by atoms with Gasteiger partial charge in [-0.2, -0.15) is 5.10 Å². The smallest absolute Gasteiger partial charge is 0.0652 e. The third kappa shape index (κ3) is 2.11. The zero-order chi connectivity index (χ0) is 12.6. The van der Waals surface area contributed by atoms with Gasteiger partial charge in [-0.25, -0.2) is 0 Å². The first-order valence-corrected chi connectivity index (χ1v) is 6.23. The summed E-state index contributed by atoms with van der Waals surface area (Å²) in [6.07, 6.45) is 3.31. The molecule has 0 aromatic carbocycles. The minimum absolute atomic E-state index is 0.210. The Bertz CT molecular complexity index is 386. The van der Waals surface area contributed by atoms with Crippen LogP contribution in [0.2, 0.25) is 0 Å². The van der Waals surface area contributed by atoms with Crippen molar-refractivity contribution in [3.8, 4) is 0 Å². The molecule has 0 spiro atoms. The van der Waals surface area contributed by atoms with Crippen molar-refractivity contribution >= 4 is 0 Å². The highest BCUT2D eigenvalue weighted by molar-refractivity contribution is 5.09. The van der Waals surface area contributed by atoms with Gasteiger partial charge >= 0.3 is 0 Å². The molecule has 1 N–H and O–H groups in total. The molecule has 0 bridgehead atoms. The van der Waals surface area contributed by atoms with Gasteiger partial charge in [-0.05, 0) is 19.4 Å². The lowest BCUT2D eigenvalue weighted by Crippen LogP contribution is -2.61. The fourth-order valence-corrected chi connectivity index (χ4v) is 2.76. The first kappa shape index (κ1) is 12.6. The number of nitrogens with one attached hydrogen (secondary N) is 1. The lowest BCUT2D eigenvalue weighted by Gasteiger charge is -2.52. The maximum atomic E-state index is 5.47. The Hall–Kier alpha value is -0.870. The van der Waals surface area contributed by atoms with E-state index in [4.69, 9.17) is 4.74 Å². The summed E-state index contributed by atoms with van der Waals surface area (Å²) in [4.78, 5) is 0. The molecule has 2 rings (SSSR count). The Labute approximate surface area is 103 Å². The molecule has 1 saturated carbocycles. The maximum Gasteiger partial charge on any atom is 0.0652 e. The summed E-state index contributed by atoms with van der Waals surface area (Å²) in [6.45, 7) is 6.71. The molecule has 1 aromatic rings. The van der Waals surface area contributed by atoms with Gasteiger partial charge in [-0.1, -0.05) is 13.8 Å². The average Bonchev–Trinajstić information content (AvgIpc) is 2.69. The SMILES string of the molecule is COC1CC(NC(C)c2ccnn2C)C1(C)C. The number of ether oxygens (including phenoxy) is 1. The number of aryl methyl sites for hydroxylation is 1. The second-order valence-electron chi connectivity index (χ2n) is 5.60. The second kappa shape index (κ2) is 4.42. The van der Waals surface area contributed by atoms with Crippen LogP contribution in [0.15, 0.2) is 12.3 Å². The highest BCUT2D eigenvalue weighted by atomic mass is 16.5. The van der Waals surface area contributed by atoms with Gasteiger partial charge in [0.25, 0.3) is 0 Å². The third-order valence-corrected chi connectivity index (χ3v) is 4.22.